The molecule has 2 heterocycles. The van der Waals surface area contributed by atoms with Crippen LogP contribution < -0.4 is 5.73 Å². The predicted molar refractivity (Wildman–Crippen MR) is 78.0 cm³/mol. The fourth-order valence-electron chi connectivity index (χ4n) is 2.53. The number of hydrogen-bond donors (Lipinski definition) is 1. The second-order valence-corrected chi connectivity index (χ2v) is 7.22. The molecule has 102 valence electrons. The molecule has 0 aliphatic carbocycles. The third-order valence-corrected chi connectivity index (χ3v) is 5.47. The minimum absolute atomic E-state index is 0.195. The largest absolute Gasteiger partial charge is 0.369 e. The zero-order valence-electron chi connectivity index (χ0n) is 10.1. The molecule has 0 bridgehead atoms. The summed E-state index contributed by atoms with van der Waals surface area (Å²) in [5.41, 5.74) is 7.34. The molecular formula is C12H13BrFN3OS. The molecule has 7 heteroatoms. The average Bonchev–Trinajstić information content (AvgIpc) is 2.67. The predicted octanol–water partition coefficient (Wildman–Crippen LogP) is 2.60. The third-order valence-electron chi connectivity index (χ3n) is 3.48. The summed E-state index contributed by atoms with van der Waals surface area (Å²) in [7, 11) is -0.715. The molecule has 0 unspecified atom stereocenters. The second kappa shape index (κ2) is 4.86. The summed E-state index contributed by atoms with van der Waals surface area (Å²) in [5, 5.41) is 0. The number of nitrogens with zero attached hydrogens (tertiary/aromatic N) is 2. The number of rotatable bonds is 1. The Morgan fingerprint density at radius 3 is 2.79 bits per heavy atom. The second-order valence-electron chi connectivity index (χ2n) is 4.67. The minimum Gasteiger partial charge on any atom is -0.369 e. The molecule has 1 aromatic carbocycles. The third kappa shape index (κ3) is 2.29. The lowest BCUT2D eigenvalue weighted by Crippen LogP contribution is -2.22. The Balaban J connectivity index is 2.10. The molecule has 1 saturated heterocycles. The van der Waals surface area contributed by atoms with E-state index in [9.17, 15) is 8.60 Å². The number of anilines is 1. The van der Waals surface area contributed by atoms with Crippen LogP contribution in [0, 0.1) is 5.82 Å². The molecule has 0 radical (unpaired) electrons. The van der Waals surface area contributed by atoms with Gasteiger partial charge in [0.2, 0.25) is 5.95 Å². The van der Waals surface area contributed by atoms with E-state index < -0.39 is 10.8 Å². The Bertz CT molecular complexity index is 663. The van der Waals surface area contributed by atoms with Gasteiger partial charge in [0.1, 0.15) is 5.82 Å². The standard InChI is InChI=1S/C12H13BrFN3OS/c13-8-5-11-10(6-9(8)14)16-12(15)17(11)7-1-3-19(18)4-2-7/h5-7H,1-4H2,(H2,15,16). The van der Waals surface area contributed by atoms with Gasteiger partial charge in [-0.1, -0.05) is 0 Å². The van der Waals surface area contributed by atoms with Crippen LogP contribution in [0.2, 0.25) is 0 Å². The molecule has 0 spiro atoms. The van der Waals surface area contributed by atoms with Crippen molar-refractivity contribution in [2.45, 2.75) is 18.9 Å². The summed E-state index contributed by atoms with van der Waals surface area (Å²) in [6.07, 6.45) is 1.63. The number of imidazole rings is 1. The molecule has 0 amide bonds. The van der Waals surface area contributed by atoms with Crippen molar-refractivity contribution in [3.63, 3.8) is 0 Å². The molecule has 1 fully saturated rings. The van der Waals surface area contributed by atoms with Gasteiger partial charge in [0.15, 0.2) is 0 Å². The molecule has 1 aromatic heterocycles. The first-order chi connectivity index (χ1) is 9.06. The molecule has 0 atom stereocenters. The first-order valence-corrected chi connectivity index (χ1v) is 8.32. The number of halogens is 2. The topological polar surface area (TPSA) is 60.9 Å². The molecule has 0 saturated carbocycles. The van der Waals surface area contributed by atoms with Gasteiger partial charge in [0.05, 0.1) is 15.5 Å². The van der Waals surface area contributed by atoms with Gasteiger partial charge in [-0.15, -0.1) is 0 Å². The maximum Gasteiger partial charge on any atom is 0.201 e. The van der Waals surface area contributed by atoms with Crippen LogP contribution in [-0.2, 0) is 10.8 Å². The monoisotopic (exact) mass is 345 g/mol. The number of nitrogens with two attached hydrogens (primary N) is 1. The molecule has 3 rings (SSSR count). The van der Waals surface area contributed by atoms with E-state index in [2.05, 4.69) is 20.9 Å². The first kappa shape index (κ1) is 13.1. The number of aromatic nitrogens is 2. The van der Waals surface area contributed by atoms with E-state index in [0.717, 1.165) is 18.4 Å². The van der Waals surface area contributed by atoms with Crippen molar-refractivity contribution in [3.8, 4) is 0 Å². The maximum absolute atomic E-state index is 13.5. The molecule has 2 aromatic rings. The van der Waals surface area contributed by atoms with Crippen LogP contribution in [0.1, 0.15) is 18.9 Å². The van der Waals surface area contributed by atoms with Crippen LogP contribution in [0.5, 0.6) is 0 Å². The summed E-state index contributed by atoms with van der Waals surface area (Å²) in [6, 6.07) is 3.28. The van der Waals surface area contributed by atoms with Crippen LogP contribution in [0.15, 0.2) is 16.6 Å². The Kier molecular flexibility index (Phi) is 3.34. The number of hydrogen-bond acceptors (Lipinski definition) is 3. The Morgan fingerprint density at radius 2 is 2.11 bits per heavy atom. The van der Waals surface area contributed by atoms with E-state index in [1.54, 1.807) is 6.07 Å². The van der Waals surface area contributed by atoms with Gasteiger partial charge < -0.3 is 10.3 Å². The zero-order chi connectivity index (χ0) is 13.6. The van der Waals surface area contributed by atoms with Gasteiger partial charge >= 0.3 is 0 Å². The van der Waals surface area contributed by atoms with Gasteiger partial charge in [-0.25, -0.2) is 9.37 Å². The summed E-state index contributed by atoms with van der Waals surface area (Å²) >= 11 is 3.19. The van der Waals surface area contributed by atoms with Gasteiger partial charge in [-0.05, 0) is 34.8 Å². The van der Waals surface area contributed by atoms with Crippen molar-refractivity contribution in [3.05, 3.63) is 22.4 Å². The van der Waals surface area contributed by atoms with E-state index in [1.165, 1.54) is 6.07 Å². The van der Waals surface area contributed by atoms with Crippen molar-refractivity contribution in [1.29, 1.82) is 0 Å². The van der Waals surface area contributed by atoms with E-state index in [1.807, 2.05) is 4.57 Å². The van der Waals surface area contributed by atoms with Crippen molar-refractivity contribution in [1.82, 2.24) is 9.55 Å². The van der Waals surface area contributed by atoms with Crippen molar-refractivity contribution in [2.75, 3.05) is 17.2 Å². The molecule has 19 heavy (non-hydrogen) atoms. The summed E-state index contributed by atoms with van der Waals surface area (Å²) in [4.78, 5) is 4.21. The fourth-order valence-corrected chi connectivity index (χ4v) is 4.14. The maximum atomic E-state index is 13.5. The average molecular weight is 346 g/mol. The Morgan fingerprint density at radius 1 is 1.42 bits per heavy atom. The smallest absolute Gasteiger partial charge is 0.201 e. The van der Waals surface area contributed by atoms with Gasteiger partial charge in [0, 0.05) is 34.4 Å². The number of benzene rings is 1. The lowest BCUT2D eigenvalue weighted by atomic mass is 10.1. The molecular weight excluding hydrogens is 333 g/mol. The van der Waals surface area contributed by atoms with Crippen molar-refractivity contribution < 1.29 is 8.60 Å². The highest BCUT2D eigenvalue weighted by Crippen LogP contribution is 2.32. The van der Waals surface area contributed by atoms with Crippen LogP contribution in [0.4, 0.5) is 10.3 Å². The van der Waals surface area contributed by atoms with E-state index in [0.29, 0.717) is 27.4 Å². The number of nitrogen functional groups attached to an aromatic ring is 1. The van der Waals surface area contributed by atoms with Gasteiger partial charge in [-0.3, -0.25) is 4.21 Å². The quantitative estimate of drug-likeness (QED) is 0.864. The van der Waals surface area contributed by atoms with Crippen LogP contribution in [0.3, 0.4) is 0 Å². The van der Waals surface area contributed by atoms with Gasteiger partial charge in [-0.2, -0.15) is 0 Å². The highest BCUT2D eigenvalue weighted by molar-refractivity contribution is 9.10. The van der Waals surface area contributed by atoms with Crippen molar-refractivity contribution in [2.24, 2.45) is 0 Å². The van der Waals surface area contributed by atoms with E-state index >= 15 is 0 Å². The van der Waals surface area contributed by atoms with Crippen molar-refractivity contribution >= 4 is 43.7 Å². The van der Waals surface area contributed by atoms with Crippen LogP contribution in [0.25, 0.3) is 11.0 Å². The highest BCUT2D eigenvalue weighted by Gasteiger charge is 2.23. The molecule has 1 aliphatic heterocycles. The summed E-state index contributed by atoms with van der Waals surface area (Å²) < 4.78 is 27.3. The zero-order valence-corrected chi connectivity index (χ0v) is 12.5. The van der Waals surface area contributed by atoms with Gasteiger partial charge in [0.25, 0.3) is 0 Å². The van der Waals surface area contributed by atoms with Crippen LogP contribution in [-0.4, -0.2) is 25.3 Å². The minimum atomic E-state index is -0.715. The number of fused-ring (bicyclic) bond motifs is 1. The normalized spacial score (nSPS) is 23.9. The Labute approximate surface area is 120 Å². The summed E-state index contributed by atoms with van der Waals surface area (Å²) in [5.74, 6) is 1.42. The van der Waals surface area contributed by atoms with E-state index in [-0.39, 0.29) is 11.9 Å². The molecule has 4 nitrogen and oxygen atoms in total. The molecule has 2 N–H and O–H groups in total. The lowest BCUT2D eigenvalue weighted by molar-refractivity contribution is 0.478. The first-order valence-electron chi connectivity index (χ1n) is 6.03. The summed E-state index contributed by atoms with van der Waals surface area (Å²) in [6.45, 7) is 0. The highest BCUT2D eigenvalue weighted by atomic mass is 79.9. The Hall–Kier alpha value is -0.950. The van der Waals surface area contributed by atoms with Crippen LogP contribution >= 0.6 is 15.9 Å². The fraction of sp³-hybridized carbons (Fsp3) is 0.417. The molecule has 1 aliphatic rings. The SMILES string of the molecule is Nc1nc2cc(F)c(Br)cc2n1C1CCS(=O)CC1. The van der Waals surface area contributed by atoms with E-state index in [4.69, 9.17) is 5.73 Å². The lowest BCUT2D eigenvalue weighted by Gasteiger charge is -2.24.